The maximum atomic E-state index is 14.7. The number of hydrogen-bond acceptors (Lipinski definition) is 33. The van der Waals surface area contributed by atoms with Gasteiger partial charge >= 0.3 is 18.1 Å². The number of allylic oxidation sites excluding steroid dienone is 2. The van der Waals surface area contributed by atoms with Gasteiger partial charge in [0.2, 0.25) is 35.0 Å². The molecule has 5 fully saturated rings. The lowest BCUT2D eigenvalue weighted by molar-refractivity contribution is -0.335. The normalized spacial score (nSPS) is 27.3. The van der Waals surface area contributed by atoms with Crippen LogP contribution in [0.3, 0.4) is 0 Å². The number of nitrogens with two attached hydrogens (primary N) is 1. The molecule has 7 amide bonds. The Labute approximate surface area is 876 Å². The van der Waals surface area contributed by atoms with Crippen molar-refractivity contribution in [3.05, 3.63) is 121 Å². The van der Waals surface area contributed by atoms with Crippen molar-refractivity contribution in [2.45, 2.75) is 319 Å². The van der Waals surface area contributed by atoms with Crippen LogP contribution in [0, 0.1) is 70.2 Å². The standard InChI is InChI=1S/C105H139IN8O29S3/c1-56-45-82(135-55-66(56)46-57(2)115)141-94-89(124)87(113-143-83-51-76(118)95(62(7)137-83)145-98(128)84-58(3)86(106)92(59(4)91(84)133-14)142-99-90(125)93(134-15)88(123)61(6)139-99)60(5)138-100(94)140-78-31-19-16-17-23-39-105(131)52-77(119)70(49-81(122)132-13)85(78)71(105)38-44-144-146-104(11,12)40-37-68(116)28-26-42-109-102(130)136-54-63-33-35-67(36-34-63)111-96(126)64(27-25-41-108-101(107)129)48-75(117)74(47-65-53-110-73-30-22-21-29-69(65)73)112-79(120)32-20-18-24-43-114-80(121)50-72(97(114)127)103(8,9)10/h16-17,21-22,29-30,33-36,38,53,56,60-62,64,66,72,74,76,78,82-83,87-90,93-95,99-100,110,113,118,123-125,131H,18,20,24-28,32,37,40-52,54-55H2,1-15H3,(H,109,130)(H,111,126)(H,112,120)(H3,107,108,129)/b17-16-,71-38-/t56?,60?,61?,62?,64-,66?,72?,74+,76?,78+,82?,83?,87?,88?,89?,90?,93?,94?,95?,99?,100?,105+/m1/s1. The predicted octanol–water partition coefficient (Wildman–Crippen LogP) is 10.7. The van der Waals surface area contributed by atoms with Gasteiger partial charge in [0.15, 0.2) is 36.0 Å². The van der Waals surface area contributed by atoms with Crippen LogP contribution < -0.4 is 42.0 Å². The van der Waals surface area contributed by atoms with Gasteiger partial charge in [0.25, 0.3) is 0 Å². The van der Waals surface area contributed by atoms with Crippen molar-refractivity contribution in [1.29, 1.82) is 0 Å². The number of benzene rings is 3. The highest BCUT2D eigenvalue weighted by Gasteiger charge is 2.53. The molecule has 1 aromatic heterocycles. The van der Waals surface area contributed by atoms with Crippen LogP contribution in [0.5, 0.6) is 11.5 Å². The Morgan fingerprint density at radius 3 is 2.21 bits per heavy atom. The summed E-state index contributed by atoms with van der Waals surface area (Å²) in [5, 5.41) is 69.9. The van der Waals surface area contributed by atoms with Crippen molar-refractivity contribution in [3.8, 4) is 35.2 Å². The number of aliphatic hydroxyl groups is 5. The van der Waals surface area contributed by atoms with Crippen LogP contribution in [0.4, 0.5) is 15.3 Å². The first-order valence-electron chi connectivity index (χ1n) is 49.4. The molecule has 0 spiro atoms. The van der Waals surface area contributed by atoms with E-state index in [1.807, 2.05) is 88.4 Å². The molecule has 18 unspecified atom stereocenters. The lowest BCUT2D eigenvalue weighted by atomic mass is 9.72. The molecule has 0 saturated carbocycles. The van der Waals surface area contributed by atoms with E-state index in [4.69, 9.17) is 62.7 Å². The number of anilines is 1. The zero-order chi connectivity index (χ0) is 106. The molecule has 41 heteroatoms. The van der Waals surface area contributed by atoms with Crippen molar-refractivity contribution >= 4 is 143 Å². The number of imide groups is 1. The maximum Gasteiger partial charge on any atom is 0.407 e. The number of nitrogens with one attached hydrogen (secondary N) is 6. The number of ether oxygens (including phenoxy) is 11. The summed E-state index contributed by atoms with van der Waals surface area (Å²) in [5.41, 5.74) is 9.35. The van der Waals surface area contributed by atoms with Gasteiger partial charge in [-0.1, -0.05) is 128 Å². The molecule has 6 heterocycles. The number of amides is 7. The van der Waals surface area contributed by atoms with E-state index >= 15 is 0 Å². The number of nitrogens with zero attached hydrogens (tertiary/aromatic N) is 1. The highest BCUT2D eigenvalue weighted by atomic mass is 127. The second kappa shape index (κ2) is 54.0. The number of alkyl carbamates (subject to hydrolysis) is 1. The number of primary amides is 1. The summed E-state index contributed by atoms with van der Waals surface area (Å²) in [6, 6.07) is 11.1. The van der Waals surface area contributed by atoms with Crippen LogP contribution in [0.15, 0.2) is 89.7 Å². The minimum absolute atomic E-state index is 0.0129. The molecule has 13 N–H and O–H groups in total. The molecule has 37 nitrogen and oxygen atoms in total. The van der Waals surface area contributed by atoms with Crippen LogP contribution in [-0.2, 0) is 104 Å². The van der Waals surface area contributed by atoms with Gasteiger partial charge in [0, 0.05) is 146 Å². The molecule has 2 aliphatic carbocycles. The molecule has 4 aromatic rings. The van der Waals surface area contributed by atoms with Crippen molar-refractivity contribution in [1.82, 2.24) is 31.3 Å². The van der Waals surface area contributed by atoms with E-state index in [-0.39, 0.29) is 195 Å². The summed E-state index contributed by atoms with van der Waals surface area (Å²) in [5.74, 6) is 7.53. The molecule has 798 valence electrons. The maximum absolute atomic E-state index is 14.7. The fourth-order valence-corrected chi connectivity index (χ4v) is 23.2. The van der Waals surface area contributed by atoms with Crippen molar-refractivity contribution in [2.75, 3.05) is 58.6 Å². The minimum atomic E-state index is -2.19. The number of H-pyrrole nitrogens is 1. The number of para-hydroxylation sites is 1. The molecule has 2 bridgehead atoms. The highest BCUT2D eigenvalue weighted by molar-refractivity contribution is 14.1. The van der Waals surface area contributed by atoms with Crippen LogP contribution >= 0.6 is 55.9 Å². The van der Waals surface area contributed by atoms with Gasteiger partial charge < -0.3 is 114 Å². The smallest absolute Gasteiger partial charge is 0.407 e. The Morgan fingerprint density at radius 1 is 0.795 bits per heavy atom. The van der Waals surface area contributed by atoms with Crippen molar-refractivity contribution in [3.63, 3.8) is 0 Å². The molecule has 0 radical (unpaired) electrons. The van der Waals surface area contributed by atoms with Crippen LogP contribution in [0.1, 0.15) is 211 Å². The van der Waals surface area contributed by atoms with E-state index in [1.54, 1.807) is 71.2 Å². The number of aliphatic hydroxyl groups excluding tert-OH is 4. The number of hydroxylamine groups is 1. The predicted molar refractivity (Wildman–Crippen MR) is 553 cm³/mol. The minimum Gasteiger partial charge on any atom is -0.496 e. The molecule has 3 aromatic carbocycles. The number of Topliss-reactive ketones (excluding diaryl/α,β-unsaturated/α-hetero) is 4. The number of hydrogen-bond donors (Lipinski definition) is 12. The first kappa shape index (κ1) is 117. The van der Waals surface area contributed by atoms with E-state index in [1.165, 1.54) is 59.8 Å². The molecule has 22 atom stereocenters. The van der Waals surface area contributed by atoms with Crippen LogP contribution in [0.2, 0.25) is 0 Å². The molecule has 7 aliphatic rings. The number of likely N-dealkylation sites (tertiary alicyclic amines) is 1. The molecule has 146 heavy (non-hydrogen) atoms. The fourth-order valence-electron chi connectivity index (χ4n) is 18.8. The van der Waals surface area contributed by atoms with E-state index < -0.39 is 173 Å². The van der Waals surface area contributed by atoms with Gasteiger partial charge in [-0.05, 0) is 181 Å². The Hall–Kier alpha value is -9.20. The summed E-state index contributed by atoms with van der Waals surface area (Å²) in [4.78, 5) is 172. The Kier molecular flexibility index (Phi) is 43.3. The van der Waals surface area contributed by atoms with E-state index in [2.05, 4.69) is 55.4 Å². The quantitative estimate of drug-likeness (QED) is 0.00372. The Morgan fingerprint density at radius 2 is 1.52 bits per heavy atom. The van der Waals surface area contributed by atoms with Crippen molar-refractivity contribution in [2.24, 2.45) is 34.8 Å². The third-order valence-electron chi connectivity index (χ3n) is 27.3. The average molecular weight is 2200 g/mol. The number of esters is 1. The van der Waals surface area contributed by atoms with Crippen LogP contribution in [0.25, 0.3) is 10.9 Å². The lowest BCUT2D eigenvalue weighted by Gasteiger charge is -2.46. The summed E-state index contributed by atoms with van der Waals surface area (Å²) >= 11 is 2.88. The van der Waals surface area contributed by atoms with Gasteiger partial charge in [-0.25, -0.2) is 9.59 Å². The first-order valence-corrected chi connectivity index (χ1v) is 53.7. The number of halogens is 1. The molecule has 5 saturated heterocycles. The second-order valence-corrected chi connectivity index (χ2v) is 45.1. The third-order valence-corrected chi connectivity index (χ3v) is 33.2. The number of carbonyl (C=O) groups is 12. The number of urea groups is 1. The zero-order valence-corrected chi connectivity index (χ0v) is 89.8. The fraction of sp³-hybridized carbons (Fsp3) is 0.600. The van der Waals surface area contributed by atoms with Gasteiger partial charge in [0.1, 0.15) is 66.3 Å². The number of unbranched alkanes of at least 4 members (excludes halogenated alkanes) is 2. The van der Waals surface area contributed by atoms with Crippen molar-refractivity contribution < 1.29 is 140 Å². The Balaban J connectivity index is 0.677. The van der Waals surface area contributed by atoms with Gasteiger partial charge in [-0.2, -0.15) is 5.48 Å². The number of carbonyl (C=O) groups excluding carboxylic acids is 12. The van der Waals surface area contributed by atoms with E-state index in [9.17, 15) is 83.1 Å². The average Bonchev–Trinajstić information content (AvgIpc) is 0.846. The lowest BCUT2D eigenvalue weighted by Crippen LogP contribution is -2.64. The summed E-state index contributed by atoms with van der Waals surface area (Å²) in [7, 11) is 6.77. The topological polar surface area (TPSA) is 522 Å². The Bertz CT molecular complexity index is 5560. The number of methoxy groups -OCH3 is 3. The number of aromatic nitrogens is 1. The molecule has 11 rings (SSSR count). The highest BCUT2D eigenvalue weighted by Crippen LogP contribution is 2.48. The number of fused-ring (bicyclic) bond motifs is 3. The largest absolute Gasteiger partial charge is 0.496 e. The van der Waals surface area contributed by atoms with Gasteiger partial charge in [-0.3, -0.25) is 52.9 Å². The SMILES string of the molecule is COC(=O)CC1=C2/C(=C/CSSC(C)(C)CCC(=O)CCCNC(=O)OCc3ccc(NC(=O)[C@H](CCCNC(N)=O)CC(=O)[C@H](Cc4c[nH]c5ccccc45)NC(=O)CCCCCN4C(=O)CC(C(C)(C)C)C4=O)cc3)[C@](O)(C#C/C=C\C#C[C@@H]2OC2OC(C)C(NOC3CC(O)C(SC(=O)c4c(C)c(I)c(OC5OC(C)C(O)C(OC)C5O)c(C)c4OC)C(C)O3)C(O)C2OC2CC(C)C(CC(C)=O)CO2)CC1=O. The monoisotopic (exact) mass is 2200 g/mol. The number of rotatable bonds is 48. The molecule has 5 aliphatic heterocycles. The molecular formula is C105H139IN8O29S3. The summed E-state index contributed by atoms with van der Waals surface area (Å²) in [6.45, 7) is 22.0. The van der Waals surface area contributed by atoms with Gasteiger partial charge in [-0.15, -0.1) is 0 Å². The zero-order valence-electron chi connectivity index (χ0n) is 85.2. The van der Waals surface area contributed by atoms with Gasteiger partial charge in [0.05, 0.1) is 90.5 Å². The summed E-state index contributed by atoms with van der Waals surface area (Å²) < 4.78 is 67.0. The number of thioether (sulfide) groups is 1. The van der Waals surface area contributed by atoms with Crippen LogP contribution in [-0.4, -0.2) is 273 Å². The third kappa shape index (κ3) is 31.5. The number of aromatic amines is 1. The van der Waals surface area contributed by atoms with E-state index in [0.717, 1.165) is 35.3 Å². The first-order chi connectivity index (χ1) is 69.3. The molecular weight excluding hydrogens is 2060 g/mol. The summed E-state index contributed by atoms with van der Waals surface area (Å²) in [6.07, 6.45) is -9.20. The second-order valence-electron chi connectivity index (χ2n) is 39.8. The van der Waals surface area contributed by atoms with E-state index in [0.29, 0.717) is 58.1 Å². The number of ketones is 4.